The second-order valence-electron chi connectivity index (χ2n) is 8.00. The number of hydrogen-bond donors (Lipinski definition) is 1. The molecule has 0 aliphatic carbocycles. The smallest absolute Gasteiger partial charge is 0.239 e. The van der Waals surface area contributed by atoms with Crippen molar-refractivity contribution in [3.05, 3.63) is 35.9 Å². The molecule has 2 saturated heterocycles. The van der Waals surface area contributed by atoms with Crippen LogP contribution in [0.3, 0.4) is 0 Å². The van der Waals surface area contributed by atoms with Crippen LogP contribution in [0.5, 0.6) is 0 Å². The van der Waals surface area contributed by atoms with Crippen molar-refractivity contribution in [2.75, 3.05) is 26.2 Å². The highest BCUT2D eigenvalue weighted by Crippen LogP contribution is 2.29. The molecule has 0 radical (unpaired) electrons. The lowest BCUT2D eigenvalue weighted by molar-refractivity contribution is -0.138. The first kappa shape index (κ1) is 20.2. The molecule has 4 nitrogen and oxygen atoms in total. The van der Waals surface area contributed by atoms with Gasteiger partial charge in [-0.3, -0.25) is 9.69 Å². The molecule has 2 aliphatic heterocycles. The van der Waals surface area contributed by atoms with Crippen molar-refractivity contribution in [3.8, 4) is 0 Å². The van der Waals surface area contributed by atoms with Crippen molar-refractivity contribution in [1.29, 1.82) is 0 Å². The first-order chi connectivity index (χ1) is 11.5. The van der Waals surface area contributed by atoms with E-state index < -0.39 is 0 Å². The van der Waals surface area contributed by atoms with E-state index in [1.54, 1.807) is 0 Å². The van der Waals surface area contributed by atoms with Gasteiger partial charge in [0.05, 0.1) is 6.04 Å². The Balaban J connectivity index is 0.00000225. The molecule has 3 unspecified atom stereocenters. The first-order valence-electron chi connectivity index (χ1n) is 9.29. The summed E-state index contributed by atoms with van der Waals surface area (Å²) < 4.78 is 0. The molecule has 1 aromatic carbocycles. The molecule has 5 atom stereocenters. The Morgan fingerprint density at radius 3 is 2.28 bits per heavy atom. The minimum absolute atomic E-state index is 0. The Bertz CT molecular complexity index is 557. The standard InChI is InChI=1S/C20H31N3O.ClH/c1-14-9-15(2)11-23(10-14)20(24)16(3)22-12-18(19(21)13-22)17-7-5-4-6-8-17;/h4-8,14-16,18-19H,9-13,21H2,1-3H3;1H/t14?,15?,16?,18-,19+;/m0./s1. The van der Waals surface area contributed by atoms with Gasteiger partial charge < -0.3 is 10.6 Å². The predicted molar refractivity (Wildman–Crippen MR) is 105 cm³/mol. The molecule has 140 valence electrons. The van der Waals surface area contributed by atoms with E-state index >= 15 is 0 Å². The third kappa shape index (κ3) is 4.55. The van der Waals surface area contributed by atoms with Gasteiger partial charge in [-0.1, -0.05) is 44.2 Å². The maximum absolute atomic E-state index is 13.0. The van der Waals surface area contributed by atoms with Crippen molar-refractivity contribution < 1.29 is 4.79 Å². The summed E-state index contributed by atoms with van der Waals surface area (Å²) in [6.07, 6.45) is 1.23. The summed E-state index contributed by atoms with van der Waals surface area (Å²) in [4.78, 5) is 17.3. The summed E-state index contributed by atoms with van der Waals surface area (Å²) in [5.41, 5.74) is 7.68. The van der Waals surface area contributed by atoms with Gasteiger partial charge in [-0.25, -0.2) is 0 Å². The molecule has 2 aliphatic rings. The normalized spacial score (nSPS) is 31.4. The zero-order chi connectivity index (χ0) is 17.3. The molecule has 0 aromatic heterocycles. The molecule has 2 fully saturated rings. The van der Waals surface area contributed by atoms with E-state index in [1.165, 1.54) is 12.0 Å². The number of piperidine rings is 1. The topological polar surface area (TPSA) is 49.6 Å². The second-order valence-corrected chi connectivity index (χ2v) is 8.00. The Morgan fingerprint density at radius 1 is 1.08 bits per heavy atom. The van der Waals surface area contributed by atoms with E-state index in [4.69, 9.17) is 5.73 Å². The van der Waals surface area contributed by atoms with E-state index in [0.29, 0.717) is 17.8 Å². The van der Waals surface area contributed by atoms with Gasteiger partial charge in [0.25, 0.3) is 0 Å². The number of rotatable bonds is 3. The fourth-order valence-corrected chi connectivity index (χ4v) is 4.49. The molecular weight excluding hydrogens is 334 g/mol. The van der Waals surface area contributed by atoms with Crippen LogP contribution in [-0.2, 0) is 4.79 Å². The van der Waals surface area contributed by atoms with Crippen molar-refractivity contribution in [2.24, 2.45) is 17.6 Å². The van der Waals surface area contributed by atoms with Crippen molar-refractivity contribution in [3.63, 3.8) is 0 Å². The Kier molecular flexibility index (Phi) is 6.89. The first-order valence-corrected chi connectivity index (χ1v) is 9.29. The molecule has 25 heavy (non-hydrogen) atoms. The quantitative estimate of drug-likeness (QED) is 0.896. The zero-order valence-corrected chi connectivity index (χ0v) is 16.4. The van der Waals surface area contributed by atoms with Gasteiger partial charge in [-0.15, -0.1) is 12.4 Å². The average molecular weight is 366 g/mol. The Morgan fingerprint density at radius 2 is 1.68 bits per heavy atom. The summed E-state index contributed by atoms with van der Waals surface area (Å²) in [5.74, 6) is 1.79. The highest BCUT2D eigenvalue weighted by Gasteiger charge is 2.38. The van der Waals surface area contributed by atoms with E-state index in [9.17, 15) is 4.79 Å². The minimum Gasteiger partial charge on any atom is -0.341 e. The number of hydrogen-bond acceptors (Lipinski definition) is 3. The monoisotopic (exact) mass is 365 g/mol. The summed E-state index contributed by atoms with van der Waals surface area (Å²) in [6, 6.07) is 10.5. The maximum atomic E-state index is 13.0. The number of likely N-dealkylation sites (tertiary alicyclic amines) is 2. The van der Waals surface area contributed by atoms with Crippen molar-refractivity contribution in [1.82, 2.24) is 9.80 Å². The molecule has 1 aromatic rings. The van der Waals surface area contributed by atoms with E-state index in [1.807, 2.05) is 13.0 Å². The number of benzene rings is 1. The fourth-order valence-electron chi connectivity index (χ4n) is 4.49. The lowest BCUT2D eigenvalue weighted by Gasteiger charge is -2.38. The van der Waals surface area contributed by atoms with Crippen LogP contribution in [-0.4, -0.2) is 54.0 Å². The summed E-state index contributed by atoms with van der Waals surface area (Å²) >= 11 is 0. The van der Waals surface area contributed by atoms with Gasteiger partial charge in [0.15, 0.2) is 0 Å². The average Bonchev–Trinajstić information content (AvgIpc) is 2.95. The van der Waals surface area contributed by atoms with Gasteiger partial charge in [0, 0.05) is 38.1 Å². The SMILES string of the molecule is CC1CC(C)CN(C(=O)C(C)N2C[C@@H](N)[C@H](c3ccccc3)C2)C1.Cl. The zero-order valence-electron chi connectivity index (χ0n) is 15.6. The van der Waals surface area contributed by atoms with Gasteiger partial charge >= 0.3 is 0 Å². The molecule has 1 amide bonds. The molecular formula is C20H32ClN3O. The molecule has 0 spiro atoms. The molecule has 5 heteroatoms. The molecule has 3 rings (SSSR count). The van der Waals surface area contributed by atoms with Crippen LogP contribution in [0.15, 0.2) is 30.3 Å². The van der Waals surface area contributed by atoms with Gasteiger partial charge in [-0.2, -0.15) is 0 Å². The molecule has 0 saturated carbocycles. The van der Waals surface area contributed by atoms with Crippen molar-refractivity contribution >= 4 is 18.3 Å². The molecule has 2 N–H and O–H groups in total. The predicted octanol–water partition coefficient (Wildman–Crippen LogP) is 2.73. The van der Waals surface area contributed by atoms with Crippen molar-refractivity contribution in [2.45, 2.75) is 45.2 Å². The van der Waals surface area contributed by atoms with Crippen LogP contribution in [0.4, 0.5) is 0 Å². The lowest BCUT2D eigenvalue weighted by Crippen LogP contribution is -2.51. The Hall–Kier alpha value is -1.10. The largest absolute Gasteiger partial charge is 0.341 e. The van der Waals surface area contributed by atoms with E-state index in [2.05, 4.69) is 47.9 Å². The van der Waals surface area contributed by atoms with Crippen LogP contribution in [0.1, 0.15) is 38.7 Å². The number of amides is 1. The van der Waals surface area contributed by atoms with E-state index in [-0.39, 0.29) is 30.4 Å². The van der Waals surface area contributed by atoms with Crippen LogP contribution >= 0.6 is 12.4 Å². The third-order valence-corrected chi connectivity index (χ3v) is 5.71. The van der Waals surface area contributed by atoms with Crippen LogP contribution < -0.4 is 5.73 Å². The summed E-state index contributed by atoms with van der Waals surface area (Å²) in [6.45, 7) is 10.0. The summed E-state index contributed by atoms with van der Waals surface area (Å²) in [7, 11) is 0. The molecule has 2 heterocycles. The minimum atomic E-state index is -0.0812. The van der Waals surface area contributed by atoms with Crippen LogP contribution in [0.25, 0.3) is 0 Å². The van der Waals surface area contributed by atoms with Crippen LogP contribution in [0.2, 0.25) is 0 Å². The van der Waals surface area contributed by atoms with E-state index in [0.717, 1.165) is 26.2 Å². The fraction of sp³-hybridized carbons (Fsp3) is 0.650. The number of nitrogens with zero attached hydrogens (tertiary/aromatic N) is 2. The number of carbonyl (C=O) groups excluding carboxylic acids is 1. The van der Waals surface area contributed by atoms with Gasteiger partial charge in [0.2, 0.25) is 5.91 Å². The number of nitrogens with two attached hydrogens (primary N) is 1. The molecule has 0 bridgehead atoms. The highest BCUT2D eigenvalue weighted by molar-refractivity contribution is 5.85. The lowest BCUT2D eigenvalue weighted by atomic mass is 9.91. The maximum Gasteiger partial charge on any atom is 0.239 e. The van der Waals surface area contributed by atoms with Gasteiger partial charge in [-0.05, 0) is 30.7 Å². The number of halogens is 1. The number of carbonyl (C=O) groups is 1. The third-order valence-electron chi connectivity index (χ3n) is 5.71. The summed E-state index contributed by atoms with van der Waals surface area (Å²) in [5, 5.41) is 0. The Labute approximate surface area is 158 Å². The van der Waals surface area contributed by atoms with Crippen LogP contribution in [0, 0.1) is 11.8 Å². The second kappa shape index (κ2) is 8.52. The van der Waals surface area contributed by atoms with Gasteiger partial charge in [0.1, 0.15) is 0 Å². The highest BCUT2D eigenvalue weighted by atomic mass is 35.5.